The molecular weight excluding hydrogens is 369 g/mol. The van der Waals surface area contributed by atoms with Crippen molar-refractivity contribution in [2.24, 2.45) is 0 Å². The number of hydrogen-bond acceptors (Lipinski definition) is 4. The van der Waals surface area contributed by atoms with Gasteiger partial charge in [-0.3, -0.25) is 9.69 Å². The zero-order chi connectivity index (χ0) is 20.1. The third kappa shape index (κ3) is 4.77. The van der Waals surface area contributed by atoms with E-state index in [0.29, 0.717) is 18.0 Å². The Balaban J connectivity index is 1.14. The summed E-state index contributed by atoms with van der Waals surface area (Å²) in [5, 5.41) is 3.87. The number of carbonyl (C=O) groups excluding carboxylic acids is 1. The van der Waals surface area contributed by atoms with Crippen LogP contribution < -0.4 is 10.2 Å². The molecule has 2 aromatic carbocycles. The fraction of sp³-hybridized carbons (Fsp3) is 0.348. The van der Waals surface area contributed by atoms with Crippen molar-refractivity contribution >= 4 is 22.6 Å². The average Bonchev–Trinajstić information content (AvgIpc) is 3.19. The number of fused-ring (bicyclic) bond motifs is 1. The van der Waals surface area contributed by atoms with Crippen molar-refractivity contribution in [3.63, 3.8) is 0 Å². The minimum absolute atomic E-state index is 0.152. The lowest BCUT2D eigenvalue weighted by molar-refractivity contribution is 0.0927. The Morgan fingerprint density at radius 1 is 1.00 bits per heavy atom. The van der Waals surface area contributed by atoms with Gasteiger partial charge < -0.3 is 14.6 Å². The molecule has 152 valence electrons. The van der Waals surface area contributed by atoms with Gasteiger partial charge in [-0.05, 0) is 43.7 Å². The first kappa shape index (κ1) is 19.5. The molecular formula is C23H26FN3O2. The van der Waals surface area contributed by atoms with E-state index in [0.717, 1.165) is 56.5 Å². The molecule has 1 aliphatic rings. The van der Waals surface area contributed by atoms with Gasteiger partial charge in [0.15, 0.2) is 5.76 Å². The first-order valence-corrected chi connectivity index (χ1v) is 10.2. The van der Waals surface area contributed by atoms with Crippen molar-refractivity contribution in [1.29, 1.82) is 0 Å². The molecule has 0 bridgehead atoms. The lowest BCUT2D eigenvalue weighted by Crippen LogP contribution is -2.47. The molecule has 2 heterocycles. The summed E-state index contributed by atoms with van der Waals surface area (Å²) in [5.74, 6) is 0.0383. The van der Waals surface area contributed by atoms with E-state index in [1.807, 2.05) is 36.4 Å². The van der Waals surface area contributed by atoms with Crippen molar-refractivity contribution in [2.45, 2.75) is 12.8 Å². The summed E-state index contributed by atoms with van der Waals surface area (Å²) in [6.07, 6.45) is 1.93. The second-order valence-corrected chi connectivity index (χ2v) is 7.39. The molecule has 1 fully saturated rings. The van der Waals surface area contributed by atoms with Crippen molar-refractivity contribution in [2.75, 3.05) is 44.2 Å². The van der Waals surface area contributed by atoms with Gasteiger partial charge in [-0.1, -0.05) is 30.3 Å². The standard InChI is InChI=1S/C23H26FN3O2/c24-19-8-2-3-9-20(19)27-15-13-26(14-16-27)12-6-5-11-25-23(28)22-17-18-7-1-4-10-21(18)29-22/h1-4,7-10,17H,5-6,11-16H2,(H,25,28). The minimum atomic E-state index is -0.167. The van der Waals surface area contributed by atoms with Gasteiger partial charge in [-0.15, -0.1) is 0 Å². The minimum Gasteiger partial charge on any atom is -0.451 e. The number of hydrogen-bond donors (Lipinski definition) is 1. The SMILES string of the molecule is O=C(NCCCCN1CCN(c2ccccc2F)CC1)c1cc2ccccc2o1. The van der Waals surface area contributed by atoms with E-state index in [1.54, 1.807) is 12.1 Å². The topological polar surface area (TPSA) is 48.7 Å². The summed E-state index contributed by atoms with van der Waals surface area (Å²) in [5.41, 5.74) is 1.42. The van der Waals surface area contributed by atoms with Gasteiger partial charge in [-0.25, -0.2) is 4.39 Å². The molecule has 0 radical (unpaired) electrons. The van der Waals surface area contributed by atoms with Crippen LogP contribution >= 0.6 is 0 Å². The summed E-state index contributed by atoms with van der Waals surface area (Å²) in [6, 6.07) is 16.3. The number of furan rings is 1. The lowest BCUT2D eigenvalue weighted by Gasteiger charge is -2.36. The zero-order valence-corrected chi connectivity index (χ0v) is 16.4. The van der Waals surface area contributed by atoms with E-state index in [1.165, 1.54) is 6.07 Å². The van der Waals surface area contributed by atoms with Crippen LogP contribution in [0.3, 0.4) is 0 Å². The van der Waals surface area contributed by atoms with Gasteiger partial charge >= 0.3 is 0 Å². The fourth-order valence-electron chi connectivity index (χ4n) is 3.76. The van der Waals surface area contributed by atoms with Crippen LogP contribution in [0, 0.1) is 5.82 Å². The van der Waals surface area contributed by atoms with Crippen LogP contribution in [0.25, 0.3) is 11.0 Å². The van der Waals surface area contributed by atoms with Crippen LogP contribution in [0.15, 0.2) is 59.0 Å². The normalized spacial score (nSPS) is 15.0. The quantitative estimate of drug-likeness (QED) is 0.617. The van der Waals surface area contributed by atoms with Crippen molar-refractivity contribution in [3.05, 3.63) is 66.2 Å². The molecule has 1 aromatic heterocycles. The summed E-state index contributed by atoms with van der Waals surface area (Å²) in [4.78, 5) is 16.7. The maximum atomic E-state index is 13.9. The molecule has 29 heavy (non-hydrogen) atoms. The largest absolute Gasteiger partial charge is 0.451 e. The molecule has 1 N–H and O–H groups in total. The number of carbonyl (C=O) groups is 1. The highest BCUT2D eigenvalue weighted by molar-refractivity contribution is 5.96. The highest BCUT2D eigenvalue weighted by Crippen LogP contribution is 2.20. The zero-order valence-electron chi connectivity index (χ0n) is 16.4. The van der Waals surface area contributed by atoms with Crippen molar-refractivity contribution in [1.82, 2.24) is 10.2 Å². The number of nitrogens with one attached hydrogen (secondary N) is 1. The van der Waals surface area contributed by atoms with E-state index in [-0.39, 0.29) is 11.7 Å². The number of benzene rings is 2. The Morgan fingerprint density at radius 3 is 2.55 bits per heavy atom. The van der Waals surface area contributed by atoms with Crippen LogP contribution in [-0.2, 0) is 0 Å². The second-order valence-electron chi connectivity index (χ2n) is 7.39. The highest BCUT2D eigenvalue weighted by atomic mass is 19.1. The number of para-hydroxylation sites is 2. The molecule has 3 aromatic rings. The van der Waals surface area contributed by atoms with Gasteiger partial charge in [0.25, 0.3) is 5.91 Å². The van der Waals surface area contributed by atoms with E-state index in [2.05, 4.69) is 15.1 Å². The second kappa shape index (κ2) is 9.09. The third-order valence-corrected chi connectivity index (χ3v) is 5.40. The first-order valence-electron chi connectivity index (χ1n) is 10.2. The smallest absolute Gasteiger partial charge is 0.287 e. The number of amides is 1. The molecule has 5 nitrogen and oxygen atoms in total. The predicted molar refractivity (Wildman–Crippen MR) is 113 cm³/mol. The molecule has 0 spiro atoms. The monoisotopic (exact) mass is 395 g/mol. The Morgan fingerprint density at radius 2 is 1.76 bits per heavy atom. The third-order valence-electron chi connectivity index (χ3n) is 5.40. The summed E-state index contributed by atoms with van der Waals surface area (Å²) >= 11 is 0. The van der Waals surface area contributed by atoms with Crippen LogP contribution in [-0.4, -0.2) is 50.1 Å². The Bertz CT molecular complexity index is 930. The Labute approximate surface area is 170 Å². The number of unbranched alkanes of at least 4 members (excludes halogenated alkanes) is 1. The number of anilines is 1. The molecule has 1 aliphatic heterocycles. The van der Waals surface area contributed by atoms with Gasteiger partial charge in [0.05, 0.1) is 5.69 Å². The van der Waals surface area contributed by atoms with Gasteiger partial charge in [0.2, 0.25) is 0 Å². The van der Waals surface area contributed by atoms with Crippen LogP contribution in [0.5, 0.6) is 0 Å². The molecule has 1 saturated heterocycles. The predicted octanol–water partition coefficient (Wildman–Crippen LogP) is 3.90. The molecule has 0 aliphatic carbocycles. The van der Waals surface area contributed by atoms with E-state index in [4.69, 9.17) is 4.42 Å². The van der Waals surface area contributed by atoms with E-state index in [9.17, 15) is 9.18 Å². The van der Waals surface area contributed by atoms with Gasteiger partial charge in [-0.2, -0.15) is 0 Å². The molecule has 1 amide bonds. The first-order chi connectivity index (χ1) is 14.2. The van der Waals surface area contributed by atoms with Crippen molar-refractivity contribution in [3.8, 4) is 0 Å². The number of piperazine rings is 1. The highest BCUT2D eigenvalue weighted by Gasteiger charge is 2.18. The number of halogens is 1. The molecule has 6 heteroatoms. The molecule has 0 unspecified atom stereocenters. The summed E-state index contributed by atoms with van der Waals surface area (Å²) < 4.78 is 19.5. The molecule has 4 rings (SSSR count). The molecule has 0 saturated carbocycles. The molecule has 0 atom stereocenters. The lowest BCUT2D eigenvalue weighted by atomic mass is 10.2. The van der Waals surface area contributed by atoms with E-state index >= 15 is 0 Å². The Kier molecular flexibility index (Phi) is 6.10. The van der Waals surface area contributed by atoms with Crippen LogP contribution in [0.1, 0.15) is 23.4 Å². The number of rotatable bonds is 7. The maximum Gasteiger partial charge on any atom is 0.287 e. The maximum absolute atomic E-state index is 13.9. The number of nitrogens with zero attached hydrogens (tertiary/aromatic N) is 2. The van der Waals surface area contributed by atoms with E-state index < -0.39 is 0 Å². The van der Waals surface area contributed by atoms with Gasteiger partial charge in [0, 0.05) is 38.1 Å². The van der Waals surface area contributed by atoms with Crippen molar-refractivity contribution < 1.29 is 13.6 Å². The van der Waals surface area contributed by atoms with Crippen LogP contribution in [0.2, 0.25) is 0 Å². The summed E-state index contributed by atoms with van der Waals surface area (Å²) in [7, 11) is 0. The summed E-state index contributed by atoms with van der Waals surface area (Å²) in [6.45, 7) is 5.16. The van der Waals surface area contributed by atoms with Gasteiger partial charge in [0.1, 0.15) is 11.4 Å². The average molecular weight is 395 g/mol. The Hall–Kier alpha value is -2.86. The fourth-order valence-corrected chi connectivity index (χ4v) is 3.76. The van der Waals surface area contributed by atoms with Crippen LogP contribution in [0.4, 0.5) is 10.1 Å².